The maximum Gasteiger partial charge on any atom is 0.127 e. The molecule has 0 amide bonds. The fourth-order valence-corrected chi connectivity index (χ4v) is 2.34. The molecular formula is C20H22ClNO. The Morgan fingerprint density at radius 3 is 2.57 bits per heavy atom. The number of benzene rings is 3. The molecule has 3 aromatic rings. The Morgan fingerprint density at radius 2 is 1.78 bits per heavy atom. The number of hydrogen-bond donors (Lipinski definition) is 1. The molecule has 1 unspecified atom stereocenters. The van der Waals surface area contributed by atoms with Gasteiger partial charge in [0.25, 0.3) is 0 Å². The SMILES string of the molecule is Cl.[2H]c1c([2H])c([2H])c2c(OCCC(NC)c3ccccc3)c([2H])c([2H])c([2H])c2c1[2H]. The van der Waals surface area contributed by atoms with Crippen LogP contribution in [-0.2, 0) is 0 Å². The van der Waals surface area contributed by atoms with Crippen LogP contribution in [0.25, 0.3) is 10.8 Å². The van der Waals surface area contributed by atoms with E-state index >= 15 is 0 Å². The normalized spacial score (nSPS) is 16.0. The first kappa shape index (κ1) is 9.96. The summed E-state index contributed by atoms with van der Waals surface area (Å²) < 4.78 is 62.2. The summed E-state index contributed by atoms with van der Waals surface area (Å²) in [5.41, 5.74) is 1.07. The van der Waals surface area contributed by atoms with Gasteiger partial charge in [-0.15, -0.1) is 12.4 Å². The second kappa shape index (κ2) is 8.56. The highest BCUT2D eigenvalue weighted by Gasteiger charge is 2.09. The highest BCUT2D eigenvalue weighted by atomic mass is 35.5. The van der Waals surface area contributed by atoms with Crippen LogP contribution in [0.3, 0.4) is 0 Å². The van der Waals surface area contributed by atoms with Gasteiger partial charge in [0.2, 0.25) is 0 Å². The Labute approximate surface area is 153 Å². The van der Waals surface area contributed by atoms with Gasteiger partial charge in [0.1, 0.15) is 5.75 Å². The zero-order valence-electron chi connectivity index (χ0n) is 19.7. The molecule has 0 aliphatic carbocycles. The molecule has 0 aromatic heterocycles. The van der Waals surface area contributed by atoms with Gasteiger partial charge in [-0.2, -0.15) is 0 Å². The van der Waals surface area contributed by atoms with Crippen LogP contribution < -0.4 is 10.1 Å². The van der Waals surface area contributed by atoms with Crippen LogP contribution in [-0.4, -0.2) is 13.7 Å². The zero-order valence-corrected chi connectivity index (χ0v) is 13.5. The summed E-state index contributed by atoms with van der Waals surface area (Å²) in [6.07, 6.45) is 0.544. The zero-order chi connectivity index (χ0) is 21.3. The first-order chi connectivity index (χ1) is 13.8. The molecule has 0 heterocycles. The van der Waals surface area contributed by atoms with Crippen molar-refractivity contribution in [3.63, 3.8) is 0 Å². The Hall–Kier alpha value is -2.03. The molecule has 3 rings (SSSR count). The molecule has 0 bridgehead atoms. The average Bonchev–Trinajstić information content (AvgIpc) is 2.73. The van der Waals surface area contributed by atoms with Gasteiger partial charge in [-0.1, -0.05) is 66.6 Å². The average molecular weight is 335 g/mol. The predicted octanol–water partition coefficient (Wildman–Crippen LogP) is 4.99. The minimum atomic E-state index is -0.474. The van der Waals surface area contributed by atoms with E-state index in [-0.39, 0.29) is 53.7 Å². The van der Waals surface area contributed by atoms with Crippen molar-refractivity contribution in [3.05, 3.63) is 78.2 Å². The highest BCUT2D eigenvalue weighted by Crippen LogP contribution is 2.26. The quantitative estimate of drug-likeness (QED) is 0.685. The molecule has 120 valence electrons. The van der Waals surface area contributed by atoms with Gasteiger partial charge in [-0.05, 0) is 24.0 Å². The standard InChI is InChI=1S/C20H21NO.ClH/c1-21-19(17-9-3-2-4-10-17)14-15-22-20-13-7-11-16-8-5-6-12-18(16)20;/h2-13,19,21H,14-15H2,1H3;1H/i5D,6D,7D,8D,11D,12D,13D;. The van der Waals surface area contributed by atoms with Crippen LogP contribution in [0.5, 0.6) is 5.75 Å². The van der Waals surface area contributed by atoms with E-state index < -0.39 is 30.2 Å². The van der Waals surface area contributed by atoms with Gasteiger partial charge in [0, 0.05) is 17.8 Å². The van der Waals surface area contributed by atoms with Crippen LogP contribution in [0.4, 0.5) is 0 Å². The highest BCUT2D eigenvalue weighted by molar-refractivity contribution is 5.88. The summed E-state index contributed by atoms with van der Waals surface area (Å²) in [6, 6.07) is 6.89. The van der Waals surface area contributed by atoms with Crippen molar-refractivity contribution in [1.29, 1.82) is 0 Å². The molecule has 0 fully saturated rings. The Balaban J connectivity index is 0.00000320. The maximum absolute atomic E-state index is 8.21. The third-order valence-electron chi connectivity index (χ3n) is 3.48. The van der Waals surface area contributed by atoms with Crippen molar-refractivity contribution >= 4 is 23.2 Å². The third-order valence-corrected chi connectivity index (χ3v) is 3.48. The molecule has 0 aliphatic rings. The van der Waals surface area contributed by atoms with Gasteiger partial charge in [-0.25, -0.2) is 0 Å². The summed E-state index contributed by atoms with van der Waals surface area (Å²) in [7, 11) is 1.83. The fourth-order valence-electron chi connectivity index (χ4n) is 2.34. The lowest BCUT2D eigenvalue weighted by Crippen LogP contribution is -2.19. The van der Waals surface area contributed by atoms with E-state index in [2.05, 4.69) is 5.32 Å². The lowest BCUT2D eigenvalue weighted by atomic mass is 10.0. The van der Waals surface area contributed by atoms with Crippen LogP contribution in [0.15, 0.2) is 72.6 Å². The van der Waals surface area contributed by atoms with Gasteiger partial charge >= 0.3 is 0 Å². The molecule has 0 aliphatic heterocycles. The van der Waals surface area contributed by atoms with Crippen LogP contribution >= 0.6 is 12.4 Å². The van der Waals surface area contributed by atoms with Gasteiger partial charge in [0.05, 0.1) is 16.2 Å². The van der Waals surface area contributed by atoms with E-state index in [9.17, 15) is 0 Å². The van der Waals surface area contributed by atoms with Crippen molar-refractivity contribution in [2.75, 3.05) is 13.7 Å². The van der Waals surface area contributed by atoms with E-state index in [4.69, 9.17) is 14.3 Å². The Kier molecular flexibility index (Phi) is 3.71. The molecule has 3 heteroatoms. The van der Waals surface area contributed by atoms with E-state index in [0.717, 1.165) is 5.56 Å². The Morgan fingerprint density at radius 1 is 1.04 bits per heavy atom. The molecule has 0 radical (unpaired) electrons. The van der Waals surface area contributed by atoms with Gasteiger partial charge in [-0.3, -0.25) is 0 Å². The molecule has 0 spiro atoms. The predicted molar refractivity (Wildman–Crippen MR) is 99.6 cm³/mol. The molecule has 23 heavy (non-hydrogen) atoms. The first-order valence-electron chi connectivity index (χ1n) is 10.6. The van der Waals surface area contributed by atoms with Crippen LogP contribution in [0.1, 0.15) is 27.6 Å². The second-order valence-electron chi connectivity index (χ2n) is 4.84. The summed E-state index contributed by atoms with van der Waals surface area (Å²) in [4.78, 5) is 0. The lowest BCUT2D eigenvalue weighted by Gasteiger charge is -2.17. The first-order valence-corrected chi connectivity index (χ1v) is 7.14. The molecule has 1 atom stereocenters. The van der Waals surface area contributed by atoms with Crippen molar-refractivity contribution in [1.82, 2.24) is 5.32 Å². The number of halogens is 1. The van der Waals surface area contributed by atoms with E-state index in [1.165, 1.54) is 0 Å². The fraction of sp³-hybridized carbons (Fsp3) is 0.200. The van der Waals surface area contributed by atoms with Gasteiger partial charge in [0.15, 0.2) is 0 Å². The monoisotopic (exact) mass is 334 g/mol. The molecule has 2 nitrogen and oxygen atoms in total. The Bertz CT molecular complexity index is 1050. The number of fused-ring (bicyclic) bond motifs is 1. The number of ether oxygens (including phenoxy) is 1. The minimum absolute atomic E-state index is 0. The van der Waals surface area contributed by atoms with Crippen molar-refractivity contribution in [2.45, 2.75) is 12.5 Å². The number of rotatable bonds is 6. The molecule has 1 N–H and O–H groups in total. The third kappa shape index (κ3) is 4.25. The summed E-state index contributed by atoms with van der Waals surface area (Å²) in [5.74, 6) is -0.0871. The van der Waals surface area contributed by atoms with Gasteiger partial charge < -0.3 is 10.1 Å². The van der Waals surface area contributed by atoms with E-state index in [1.54, 1.807) is 0 Å². The molecular weight excluding hydrogens is 306 g/mol. The minimum Gasteiger partial charge on any atom is -0.493 e. The number of hydrogen-bond acceptors (Lipinski definition) is 2. The summed E-state index contributed by atoms with van der Waals surface area (Å²) >= 11 is 0. The van der Waals surface area contributed by atoms with Crippen LogP contribution in [0, 0.1) is 0 Å². The molecule has 0 saturated heterocycles. The number of nitrogens with one attached hydrogen (secondary N) is 1. The maximum atomic E-state index is 8.21. The summed E-state index contributed by atoms with van der Waals surface area (Å²) in [5, 5.41) is 3.08. The van der Waals surface area contributed by atoms with E-state index in [1.807, 2.05) is 37.4 Å². The van der Waals surface area contributed by atoms with E-state index in [0.29, 0.717) is 6.42 Å². The van der Waals surface area contributed by atoms with Crippen molar-refractivity contribution < 1.29 is 14.3 Å². The molecule has 3 aromatic carbocycles. The topological polar surface area (TPSA) is 21.3 Å². The van der Waals surface area contributed by atoms with Crippen molar-refractivity contribution in [2.24, 2.45) is 0 Å². The summed E-state index contributed by atoms with van der Waals surface area (Å²) in [6.45, 7) is 0.168. The van der Waals surface area contributed by atoms with Crippen LogP contribution in [0.2, 0.25) is 0 Å². The largest absolute Gasteiger partial charge is 0.493 e. The van der Waals surface area contributed by atoms with Crippen molar-refractivity contribution in [3.8, 4) is 5.75 Å². The molecule has 0 saturated carbocycles. The second-order valence-corrected chi connectivity index (χ2v) is 4.84. The lowest BCUT2D eigenvalue weighted by molar-refractivity contribution is 0.293. The smallest absolute Gasteiger partial charge is 0.127 e.